The number of β-amino-alcohol motifs (C(OH)–C–C–N with tert-alkyl or cyclic N) is 1. The van der Waals surface area contributed by atoms with E-state index in [9.17, 15) is 14.7 Å². The van der Waals surface area contributed by atoms with Crippen molar-refractivity contribution in [2.45, 2.75) is 38.0 Å². The molecule has 19 heavy (non-hydrogen) atoms. The number of amides is 2. The molecule has 0 aliphatic carbocycles. The number of carbonyl (C=O) groups excluding carboxylic acids is 1. The lowest BCUT2D eigenvalue weighted by Gasteiger charge is -2.36. The zero-order chi connectivity index (χ0) is 14.0. The number of urea groups is 1. The number of morpholine rings is 1. The molecular weight excluding hydrogens is 252 g/mol. The van der Waals surface area contributed by atoms with E-state index in [2.05, 4.69) is 0 Å². The summed E-state index contributed by atoms with van der Waals surface area (Å²) < 4.78 is 5.49. The van der Waals surface area contributed by atoms with E-state index in [1.165, 1.54) is 4.90 Å². The first-order valence-electron chi connectivity index (χ1n) is 6.61. The summed E-state index contributed by atoms with van der Waals surface area (Å²) in [5.74, 6) is -1.06. The van der Waals surface area contributed by atoms with Crippen LogP contribution in [0.4, 0.5) is 4.79 Å². The first-order valence-corrected chi connectivity index (χ1v) is 6.61. The Labute approximate surface area is 111 Å². The second-order valence-corrected chi connectivity index (χ2v) is 5.03. The van der Waals surface area contributed by atoms with Crippen LogP contribution >= 0.6 is 0 Å². The van der Waals surface area contributed by atoms with Crippen molar-refractivity contribution in [3.05, 3.63) is 0 Å². The zero-order valence-electron chi connectivity index (χ0n) is 11.0. The van der Waals surface area contributed by atoms with Crippen LogP contribution in [0.5, 0.6) is 0 Å². The third kappa shape index (κ3) is 2.98. The molecule has 0 aromatic carbocycles. The summed E-state index contributed by atoms with van der Waals surface area (Å²) in [5.41, 5.74) is 0. The van der Waals surface area contributed by atoms with Crippen LogP contribution in [0.1, 0.15) is 19.8 Å². The Bertz CT molecular complexity index is 362. The Morgan fingerprint density at radius 1 is 1.37 bits per heavy atom. The number of aliphatic hydroxyl groups excluding tert-OH is 1. The second kappa shape index (κ2) is 5.75. The SMILES string of the molecule is CCC1CN(C(=O)N2CC(O)C[C@H]2C(=O)O)CCO1. The molecule has 108 valence electrons. The molecule has 2 rings (SSSR count). The van der Waals surface area contributed by atoms with E-state index in [0.717, 1.165) is 6.42 Å². The lowest BCUT2D eigenvalue weighted by atomic mass is 10.2. The Morgan fingerprint density at radius 2 is 2.11 bits per heavy atom. The zero-order valence-corrected chi connectivity index (χ0v) is 11.0. The fourth-order valence-electron chi connectivity index (χ4n) is 2.58. The first-order chi connectivity index (χ1) is 9.02. The van der Waals surface area contributed by atoms with Gasteiger partial charge in [-0.05, 0) is 6.42 Å². The lowest BCUT2D eigenvalue weighted by Crippen LogP contribution is -2.53. The van der Waals surface area contributed by atoms with E-state index in [4.69, 9.17) is 9.84 Å². The highest BCUT2D eigenvalue weighted by molar-refractivity contribution is 5.83. The number of nitrogens with zero attached hydrogens (tertiary/aromatic N) is 2. The summed E-state index contributed by atoms with van der Waals surface area (Å²) in [6.07, 6.45) is 0.166. The highest BCUT2D eigenvalue weighted by Gasteiger charge is 2.41. The quantitative estimate of drug-likeness (QED) is 0.722. The molecule has 0 aromatic rings. The second-order valence-electron chi connectivity index (χ2n) is 5.03. The van der Waals surface area contributed by atoms with Gasteiger partial charge in [-0.25, -0.2) is 9.59 Å². The third-order valence-corrected chi connectivity index (χ3v) is 3.67. The molecule has 7 nitrogen and oxygen atoms in total. The minimum atomic E-state index is -1.06. The molecule has 2 amide bonds. The number of aliphatic carboxylic acids is 1. The summed E-state index contributed by atoms with van der Waals surface area (Å²) in [5, 5.41) is 18.7. The molecule has 2 unspecified atom stereocenters. The van der Waals surface area contributed by atoms with Gasteiger partial charge in [-0.2, -0.15) is 0 Å². The van der Waals surface area contributed by atoms with Crippen LogP contribution in [0.2, 0.25) is 0 Å². The molecule has 0 radical (unpaired) electrons. The minimum Gasteiger partial charge on any atom is -0.480 e. The smallest absolute Gasteiger partial charge is 0.326 e. The molecule has 2 heterocycles. The van der Waals surface area contributed by atoms with E-state index in [1.54, 1.807) is 4.90 Å². The van der Waals surface area contributed by atoms with Crippen molar-refractivity contribution in [3.8, 4) is 0 Å². The summed E-state index contributed by atoms with van der Waals surface area (Å²) in [4.78, 5) is 26.3. The van der Waals surface area contributed by atoms with Gasteiger partial charge in [-0.15, -0.1) is 0 Å². The minimum absolute atomic E-state index is 0.00787. The van der Waals surface area contributed by atoms with Crippen molar-refractivity contribution < 1.29 is 24.5 Å². The number of carboxylic acids is 1. The van der Waals surface area contributed by atoms with Crippen LogP contribution in [-0.4, -0.2) is 76.5 Å². The fraction of sp³-hybridized carbons (Fsp3) is 0.833. The molecule has 0 saturated carbocycles. The molecule has 7 heteroatoms. The summed E-state index contributed by atoms with van der Waals surface area (Å²) in [6.45, 7) is 3.49. The van der Waals surface area contributed by atoms with Crippen molar-refractivity contribution >= 4 is 12.0 Å². The number of carboxylic acid groups (broad SMARTS) is 1. The Morgan fingerprint density at radius 3 is 2.74 bits per heavy atom. The van der Waals surface area contributed by atoms with Crippen LogP contribution < -0.4 is 0 Å². The van der Waals surface area contributed by atoms with Gasteiger partial charge in [0.1, 0.15) is 6.04 Å². The molecule has 2 aliphatic rings. The van der Waals surface area contributed by atoms with Gasteiger partial charge in [0.05, 0.1) is 18.8 Å². The normalized spacial score (nSPS) is 31.6. The Hall–Kier alpha value is -1.34. The monoisotopic (exact) mass is 272 g/mol. The molecule has 2 saturated heterocycles. The van der Waals surface area contributed by atoms with Gasteiger partial charge in [0.15, 0.2) is 0 Å². The molecule has 3 atom stereocenters. The van der Waals surface area contributed by atoms with Crippen LogP contribution in [0.15, 0.2) is 0 Å². The van der Waals surface area contributed by atoms with E-state index < -0.39 is 18.1 Å². The van der Waals surface area contributed by atoms with Gasteiger partial charge in [-0.3, -0.25) is 0 Å². The molecule has 0 spiro atoms. The predicted molar refractivity (Wildman–Crippen MR) is 65.8 cm³/mol. The predicted octanol–water partition coefficient (Wildman–Crippen LogP) is -0.263. The molecule has 0 aromatic heterocycles. The number of likely N-dealkylation sites (tertiary alicyclic amines) is 1. The van der Waals surface area contributed by atoms with E-state index >= 15 is 0 Å². The highest BCUT2D eigenvalue weighted by atomic mass is 16.5. The molecular formula is C12H20N2O5. The first kappa shape index (κ1) is 14.1. The lowest BCUT2D eigenvalue weighted by molar-refractivity contribution is -0.141. The topological polar surface area (TPSA) is 90.3 Å². The molecule has 2 aliphatic heterocycles. The number of ether oxygens (including phenoxy) is 1. The number of hydrogen-bond acceptors (Lipinski definition) is 4. The Kier molecular flexibility index (Phi) is 4.26. The van der Waals surface area contributed by atoms with Crippen molar-refractivity contribution in [3.63, 3.8) is 0 Å². The van der Waals surface area contributed by atoms with E-state index in [-0.39, 0.29) is 25.1 Å². The summed E-state index contributed by atoms with van der Waals surface area (Å²) >= 11 is 0. The highest BCUT2D eigenvalue weighted by Crippen LogP contribution is 2.21. The maximum absolute atomic E-state index is 12.3. The number of carbonyl (C=O) groups is 2. The third-order valence-electron chi connectivity index (χ3n) is 3.67. The van der Waals surface area contributed by atoms with Crippen LogP contribution in [0.3, 0.4) is 0 Å². The molecule has 2 N–H and O–H groups in total. The molecule has 2 fully saturated rings. The largest absolute Gasteiger partial charge is 0.480 e. The van der Waals surface area contributed by atoms with Crippen LogP contribution in [0, 0.1) is 0 Å². The van der Waals surface area contributed by atoms with Gasteiger partial charge in [0.25, 0.3) is 0 Å². The van der Waals surface area contributed by atoms with Gasteiger partial charge >= 0.3 is 12.0 Å². The Balaban J connectivity index is 2.03. The van der Waals surface area contributed by atoms with Crippen LogP contribution in [0.25, 0.3) is 0 Å². The van der Waals surface area contributed by atoms with Gasteiger partial charge in [0.2, 0.25) is 0 Å². The maximum Gasteiger partial charge on any atom is 0.326 e. The number of rotatable bonds is 2. The van der Waals surface area contributed by atoms with Gasteiger partial charge < -0.3 is 24.7 Å². The van der Waals surface area contributed by atoms with Crippen molar-refractivity contribution in [1.82, 2.24) is 9.80 Å². The van der Waals surface area contributed by atoms with Gasteiger partial charge in [0, 0.05) is 26.1 Å². The average molecular weight is 272 g/mol. The van der Waals surface area contributed by atoms with Crippen LogP contribution in [-0.2, 0) is 9.53 Å². The number of aliphatic hydroxyl groups is 1. The van der Waals surface area contributed by atoms with Crippen molar-refractivity contribution in [2.75, 3.05) is 26.2 Å². The van der Waals surface area contributed by atoms with Crippen molar-refractivity contribution in [1.29, 1.82) is 0 Å². The standard InChI is InChI=1S/C12H20N2O5/c1-2-9-7-13(3-4-19-9)12(18)14-6-8(15)5-10(14)11(16)17/h8-10,15H,2-7H2,1H3,(H,16,17)/t8?,9?,10-/m0/s1. The van der Waals surface area contributed by atoms with Gasteiger partial charge in [-0.1, -0.05) is 6.92 Å². The summed E-state index contributed by atoms with van der Waals surface area (Å²) in [6, 6.07) is -1.24. The maximum atomic E-state index is 12.3. The number of hydrogen-bond donors (Lipinski definition) is 2. The average Bonchev–Trinajstić information content (AvgIpc) is 2.80. The van der Waals surface area contributed by atoms with Crippen molar-refractivity contribution in [2.24, 2.45) is 0 Å². The van der Waals surface area contributed by atoms with E-state index in [1.807, 2.05) is 6.92 Å². The fourth-order valence-corrected chi connectivity index (χ4v) is 2.58. The molecule has 0 bridgehead atoms. The van der Waals surface area contributed by atoms with E-state index in [0.29, 0.717) is 19.7 Å². The summed E-state index contributed by atoms with van der Waals surface area (Å²) in [7, 11) is 0.